The van der Waals surface area contributed by atoms with Crippen LogP contribution in [0, 0.1) is 0 Å². The third kappa shape index (κ3) is 2.49. The molecule has 0 aromatic carbocycles. The lowest BCUT2D eigenvalue weighted by atomic mass is 10.3. The maximum absolute atomic E-state index is 12.4. The highest BCUT2D eigenvalue weighted by Crippen LogP contribution is 2.31. The van der Waals surface area contributed by atoms with Crippen molar-refractivity contribution in [2.75, 3.05) is 0 Å². The first-order chi connectivity index (χ1) is 9.16. The van der Waals surface area contributed by atoms with Gasteiger partial charge in [0.05, 0.1) is 9.81 Å². The molecule has 0 spiro atoms. The van der Waals surface area contributed by atoms with E-state index < -0.39 is 9.84 Å². The van der Waals surface area contributed by atoms with Gasteiger partial charge in [-0.25, -0.2) is 8.42 Å². The molecule has 0 fully saturated rings. The Balaban J connectivity index is 2.00. The fraction of sp³-hybridized carbons (Fsp3) is 0. The average molecular weight is 306 g/mol. The second-order valence-corrected chi connectivity index (χ2v) is 7.87. The van der Waals surface area contributed by atoms with E-state index in [9.17, 15) is 8.42 Å². The van der Waals surface area contributed by atoms with E-state index in [1.54, 1.807) is 24.3 Å². The Labute approximate surface area is 120 Å². The monoisotopic (exact) mass is 306 g/mol. The standard InChI is InChI=1S/C14H10O2S3/c15-19(16)13(9-11-3-1-7-17-11)5-6-14(19)10-12-4-2-8-18-12/h1-10H/b13-9+,14-10+. The summed E-state index contributed by atoms with van der Waals surface area (Å²) in [6, 6.07) is 7.62. The van der Waals surface area contributed by atoms with Gasteiger partial charge in [0.15, 0.2) is 0 Å². The fourth-order valence-corrected chi connectivity index (χ4v) is 4.57. The first-order valence-electron chi connectivity index (χ1n) is 5.60. The zero-order valence-corrected chi connectivity index (χ0v) is 12.3. The van der Waals surface area contributed by atoms with Gasteiger partial charge in [-0.2, -0.15) is 0 Å². The number of allylic oxidation sites excluding steroid dienone is 2. The van der Waals surface area contributed by atoms with Gasteiger partial charge in [0, 0.05) is 9.75 Å². The summed E-state index contributed by atoms with van der Waals surface area (Å²) < 4.78 is 24.7. The van der Waals surface area contributed by atoms with E-state index in [0.29, 0.717) is 9.81 Å². The summed E-state index contributed by atoms with van der Waals surface area (Å²) >= 11 is 3.05. The van der Waals surface area contributed by atoms with Crippen LogP contribution in [0.1, 0.15) is 9.75 Å². The highest BCUT2D eigenvalue weighted by molar-refractivity contribution is 8.00. The topological polar surface area (TPSA) is 34.1 Å². The lowest BCUT2D eigenvalue weighted by molar-refractivity contribution is 0.610. The Hall–Kier alpha value is -1.43. The number of sulfone groups is 1. The molecule has 3 heterocycles. The number of thiophene rings is 2. The maximum Gasteiger partial charge on any atom is 0.206 e. The third-order valence-electron chi connectivity index (χ3n) is 2.69. The van der Waals surface area contributed by atoms with Crippen LogP contribution in [-0.2, 0) is 9.84 Å². The van der Waals surface area contributed by atoms with Crippen molar-refractivity contribution in [2.45, 2.75) is 0 Å². The summed E-state index contributed by atoms with van der Waals surface area (Å²) in [6.07, 6.45) is 6.75. The molecule has 0 saturated carbocycles. The van der Waals surface area contributed by atoms with Crippen LogP contribution in [0.2, 0.25) is 0 Å². The third-order valence-corrected chi connectivity index (χ3v) is 6.08. The Bertz CT molecular complexity index is 699. The predicted octanol–water partition coefficient (Wildman–Crippen LogP) is 4.18. The number of rotatable bonds is 2. The summed E-state index contributed by atoms with van der Waals surface area (Å²) in [5.74, 6) is 0. The van der Waals surface area contributed by atoms with E-state index in [1.165, 1.54) is 22.7 Å². The lowest BCUT2D eigenvalue weighted by Crippen LogP contribution is -1.98. The molecule has 0 aliphatic carbocycles. The molecule has 1 aliphatic heterocycles. The molecule has 5 heteroatoms. The number of hydrogen-bond acceptors (Lipinski definition) is 4. The van der Waals surface area contributed by atoms with Crippen LogP contribution in [0.3, 0.4) is 0 Å². The van der Waals surface area contributed by atoms with Gasteiger partial charge in [-0.3, -0.25) is 0 Å². The second-order valence-electron chi connectivity index (χ2n) is 3.96. The SMILES string of the molecule is O=S1(=O)/C(=C/c2cccs2)C=C/C1=C\c1cccs1. The molecule has 96 valence electrons. The van der Waals surface area contributed by atoms with Crippen molar-refractivity contribution in [3.05, 3.63) is 66.7 Å². The first-order valence-corrected chi connectivity index (χ1v) is 8.84. The van der Waals surface area contributed by atoms with Crippen LogP contribution in [0.25, 0.3) is 12.2 Å². The van der Waals surface area contributed by atoms with Crippen molar-refractivity contribution in [2.24, 2.45) is 0 Å². The van der Waals surface area contributed by atoms with Gasteiger partial charge in [-0.15, -0.1) is 22.7 Å². The summed E-state index contributed by atoms with van der Waals surface area (Å²) in [7, 11) is -3.36. The van der Waals surface area contributed by atoms with Crippen LogP contribution >= 0.6 is 22.7 Å². The van der Waals surface area contributed by atoms with Gasteiger partial charge in [0.25, 0.3) is 0 Å². The average Bonchev–Trinajstić information content (AvgIpc) is 3.08. The molecule has 2 aromatic heterocycles. The zero-order chi connectivity index (χ0) is 13.3. The quantitative estimate of drug-likeness (QED) is 0.834. The molecule has 0 radical (unpaired) electrons. The molecular formula is C14H10O2S3. The second kappa shape index (κ2) is 4.92. The largest absolute Gasteiger partial charge is 0.219 e. The minimum absolute atomic E-state index is 0.359. The normalized spacial score (nSPS) is 21.5. The van der Waals surface area contributed by atoms with Crippen molar-refractivity contribution in [1.82, 2.24) is 0 Å². The van der Waals surface area contributed by atoms with Crippen molar-refractivity contribution in [3.63, 3.8) is 0 Å². The molecule has 0 atom stereocenters. The zero-order valence-electron chi connectivity index (χ0n) is 9.81. The minimum Gasteiger partial charge on any atom is -0.219 e. The van der Waals surface area contributed by atoms with Gasteiger partial charge < -0.3 is 0 Å². The van der Waals surface area contributed by atoms with Crippen LogP contribution < -0.4 is 0 Å². The fourth-order valence-electron chi connectivity index (χ4n) is 1.76. The molecular weight excluding hydrogens is 296 g/mol. The minimum atomic E-state index is -3.36. The molecule has 2 nitrogen and oxygen atoms in total. The van der Waals surface area contributed by atoms with Crippen LogP contribution in [0.4, 0.5) is 0 Å². The van der Waals surface area contributed by atoms with Crippen LogP contribution in [-0.4, -0.2) is 8.42 Å². The molecule has 0 bridgehead atoms. The highest BCUT2D eigenvalue weighted by atomic mass is 32.2. The van der Waals surface area contributed by atoms with Crippen molar-refractivity contribution in [1.29, 1.82) is 0 Å². The Kier molecular flexibility index (Phi) is 3.26. The van der Waals surface area contributed by atoms with E-state index in [4.69, 9.17) is 0 Å². The summed E-state index contributed by atoms with van der Waals surface area (Å²) in [6.45, 7) is 0. The molecule has 1 aliphatic rings. The van der Waals surface area contributed by atoms with Crippen molar-refractivity contribution in [3.8, 4) is 0 Å². The Morgan fingerprint density at radius 1 is 0.842 bits per heavy atom. The Morgan fingerprint density at radius 3 is 1.68 bits per heavy atom. The molecule has 0 saturated heterocycles. The number of hydrogen-bond donors (Lipinski definition) is 0. The summed E-state index contributed by atoms with van der Waals surface area (Å²) in [4.78, 5) is 2.61. The van der Waals surface area contributed by atoms with Gasteiger partial charge in [0.1, 0.15) is 0 Å². The van der Waals surface area contributed by atoms with Gasteiger partial charge in [-0.05, 0) is 47.2 Å². The van der Waals surface area contributed by atoms with Crippen molar-refractivity contribution >= 4 is 44.7 Å². The predicted molar refractivity (Wildman–Crippen MR) is 82.7 cm³/mol. The van der Waals surface area contributed by atoms with E-state index in [1.807, 2.05) is 35.0 Å². The van der Waals surface area contributed by atoms with Crippen LogP contribution in [0.15, 0.2) is 57.0 Å². The molecule has 0 amide bonds. The summed E-state index contributed by atoms with van der Waals surface area (Å²) in [5.41, 5.74) is 0. The van der Waals surface area contributed by atoms with Gasteiger partial charge in [0.2, 0.25) is 9.84 Å². The highest BCUT2D eigenvalue weighted by Gasteiger charge is 2.25. The lowest BCUT2D eigenvalue weighted by Gasteiger charge is -1.98. The smallest absolute Gasteiger partial charge is 0.206 e. The molecule has 0 N–H and O–H groups in total. The van der Waals surface area contributed by atoms with Gasteiger partial charge >= 0.3 is 0 Å². The molecule has 0 unspecified atom stereocenters. The van der Waals surface area contributed by atoms with Crippen molar-refractivity contribution < 1.29 is 8.42 Å². The van der Waals surface area contributed by atoms with Crippen LogP contribution in [0.5, 0.6) is 0 Å². The first kappa shape index (κ1) is 12.6. The molecule has 3 rings (SSSR count). The molecule has 19 heavy (non-hydrogen) atoms. The Morgan fingerprint density at radius 2 is 1.32 bits per heavy atom. The van der Waals surface area contributed by atoms with E-state index in [2.05, 4.69) is 0 Å². The van der Waals surface area contributed by atoms with Gasteiger partial charge in [-0.1, -0.05) is 12.1 Å². The summed E-state index contributed by atoms with van der Waals surface area (Å²) in [5, 5.41) is 3.86. The molecule has 2 aromatic rings. The van der Waals surface area contributed by atoms with E-state index in [-0.39, 0.29) is 0 Å². The van der Waals surface area contributed by atoms with E-state index >= 15 is 0 Å². The maximum atomic E-state index is 12.4. The van der Waals surface area contributed by atoms with E-state index in [0.717, 1.165) is 9.75 Å².